The molecule has 0 saturated carbocycles. The number of nitrogens with zero attached hydrogens (tertiary/aromatic N) is 2. The Morgan fingerprint density at radius 2 is 2.14 bits per heavy atom. The van der Waals surface area contributed by atoms with Crippen molar-refractivity contribution in [2.45, 2.75) is 19.8 Å². The van der Waals surface area contributed by atoms with Gasteiger partial charge in [-0.25, -0.2) is 4.79 Å². The van der Waals surface area contributed by atoms with Gasteiger partial charge in [0.2, 0.25) is 5.78 Å². The van der Waals surface area contributed by atoms with Gasteiger partial charge in [0, 0.05) is 19.2 Å². The summed E-state index contributed by atoms with van der Waals surface area (Å²) in [4.78, 5) is 37.7. The molecule has 28 heavy (non-hydrogen) atoms. The Morgan fingerprint density at radius 1 is 1.36 bits per heavy atom. The third kappa shape index (κ3) is 4.69. The van der Waals surface area contributed by atoms with Crippen LogP contribution < -0.4 is 4.90 Å². The molecule has 0 spiro atoms. The Bertz CT molecular complexity index is 913. The molecule has 148 valence electrons. The number of halogens is 1. The van der Waals surface area contributed by atoms with E-state index in [1.165, 1.54) is 12.1 Å². The number of anilines is 1. The lowest BCUT2D eigenvalue weighted by molar-refractivity contribution is -0.384. The largest absolute Gasteiger partial charge is 0.454 e. The summed E-state index contributed by atoms with van der Waals surface area (Å²) in [5, 5.41) is 11.5. The van der Waals surface area contributed by atoms with Crippen molar-refractivity contribution >= 4 is 46.1 Å². The zero-order valence-electron chi connectivity index (χ0n) is 15.2. The summed E-state index contributed by atoms with van der Waals surface area (Å²) in [6, 6.07) is 7.43. The van der Waals surface area contributed by atoms with Gasteiger partial charge in [-0.15, -0.1) is 11.3 Å². The van der Waals surface area contributed by atoms with Crippen LogP contribution in [-0.2, 0) is 4.74 Å². The molecule has 3 rings (SSSR count). The first-order valence-corrected chi connectivity index (χ1v) is 10.0. The monoisotopic (exact) mass is 422 g/mol. The molecular weight excluding hydrogens is 404 g/mol. The molecule has 9 heteroatoms. The van der Waals surface area contributed by atoms with Gasteiger partial charge >= 0.3 is 5.97 Å². The van der Waals surface area contributed by atoms with Gasteiger partial charge in [0.05, 0.1) is 19.7 Å². The molecule has 7 nitrogen and oxygen atoms in total. The van der Waals surface area contributed by atoms with Crippen molar-refractivity contribution < 1.29 is 19.2 Å². The highest BCUT2D eigenvalue weighted by molar-refractivity contribution is 7.18. The Balaban J connectivity index is 1.73. The van der Waals surface area contributed by atoms with Crippen LogP contribution in [0.5, 0.6) is 0 Å². The van der Waals surface area contributed by atoms with Crippen molar-refractivity contribution in [3.63, 3.8) is 0 Å². The Hall–Kier alpha value is -2.45. The van der Waals surface area contributed by atoms with E-state index in [1.54, 1.807) is 18.2 Å². The number of esters is 1. The predicted molar refractivity (Wildman–Crippen MR) is 108 cm³/mol. The van der Waals surface area contributed by atoms with Crippen LogP contribution in [0.2, 0.25) is 4.34 Å². The maximum atomic E-state index is 12.3. The average molecular weight is 423 g/mol. The van der Waals surface area contributed by atoms with Crippen molar-refractivity contribution in [2.24, 2.45) is 5.92 Å². The molecule has 1 aromatic heterocycles. The third-order valence-corrected chi connectivity index (χ3v) is 5.86. The highest BCUT2D eigenvalue weighted by Crippen LogP contribution is 2.32. The number of nitro groups is 1. The SMILES string of the molecule is CC1CCCN(c2ccc(C(=O)OCC(=O)c3ccc(Cl)s3)cc2[N+](=O)[O-])C1. The molecule has 0 aliphatic carbocycles. The number of nitro benzene ring substituents is 1. The van der Waals surface area contributed by atoms with Gasteiger partial charge < -0.3 is 9.64 Å². The third-order valence-electron chi connectivity index (χ3n) is 4.59. The van der Waals surface area contributed by atoms with Gasteiger partial charge in [0.1, 0.15) is 5.69 Å². The molecule has 0 bridgehead atoms. The summed E-state index contributed by atoms with van der Waals surface area (Å²) in [6.45, 7) is 3.14. The quantitative estimate of drug-likeness (QED) is 0.293. The summed E-state index contributed by atoms with van der Waals surface area (Å²) in [5.41, 5.74) is 0.398. The van der Waals surface area contributed by atoms with E-state index in [9.17, 15) is 19.7 Å². The fourth-order valence-corrected chi connectivity index (χ4v) is 4.19. The number of thiophene rings is 1. The number of rotatable bonds is 6. The summed E-state index contributed by atoms with van der Waals surface area (Å²) in [7, 11) is 0. The molecule has 1 aliphatic heterocycles. The number of ether oxygens (including phenoxy) is 1. The van der Waals surface area contributed by atoms with E-state index in [-0.39, 0.29) is 17.0 Å². The number of carbonyl (C=O) groups excluding carboxylic acids is 2. The van der Waals surface area contributed by atoms with Gasteiger partial charge in [-0.1, -0.05) is 18.5 Å². The number of ketones is 1. The van der Waals surface area contributed by atoms with E-state index in [2.05, 4.69) is 6.92 Å². The van der Waals surface area contributed by atoms with Crippen LogP contribution in [0.15, 0.2) is 30.3 Å². The molecule has 1 saturated heterocycles. The van der Waals surface area contributed by atoms with Crippen LogP contribution in [-0.4, -0.2) is 36.4 Å². The minimum absolute atomic E-state index is 0.0394. The van der Waals surface area contributed by atoms with Crippen molar-refractivity contribution in [3.8, 4) is 0 Å². The van der Waals surface area contributed by atoms with Crippen molar-refractivity contribution in [1.82, 2.24) is 0 Å². The second-order valence-electron chi connectivity index (χ2n) is 6.76. The van der Waals surface area contributed by atoms with E-state index >= 15 is 0 Å². The van der Waals surface area contributed by atoms with Crippen molar-refractivity contribution in [2.75, 3.05) is 24.6 Å². The maximum absolute atomic E-state index is 12.3. The standard InChI is InChI=1S/C19H19ClN2O5S/c1-12-3-2-8-21(10-12)14-5-4-13(9-15(14)22(25)26)19(24)27-11-16(23)17-6-7-18(20)28-17/h4-7,9,12H,2-3,8,10-11H2,1H3. The van der Waals surface area contributed by atoms with Gasteiger partial charge in [-0.05, 0) is 43.0 Å². The summed E-state index contributed by atoms with van der Waals surface area (Å²) in [5.74, 6) is -0.703. The van der Waals surface area contributed by atoms with Crippen molar-refractivity contribution in [3.05, 3.63) is 55.2 Å². The molecule has 1 atom stereocenters. The lowest BCUT2D eigenvalue weighted by Gasteiger charge is -2.32. The van der Waals surface area contributed by atoms with E-state index in [4.69, 9.17) is 16.3 Å². The molecule has 2 heterocycles. The lowest BCUT2D eigenvalue weighted by Crippen LogP contribution is -2.34. The molecule has 0 radical (unpaired) electrons. The number of piperidine rings is 1. The fraction of sp³-hybridized carbons (Fsp3) is 0.368. The van der Waals surface area contributed by atoms with E-state index < -0.39 is 17.5 Å². The summed E-state index contributed by atoms with van der Waals surface area (Å²) in [6.07, 6.45) is 2.06. The number of benzene rings is 1. The molecule has 0 N–H and O–H groups in total. The predicted octanol–water partition coefficient (Wildman–Crippen LogP) is 4.59. The molecule has 0 amide bonds. The number of hydrogen-bond acceptors (Lipinski definition) is 7. The van der Waals surface area contributed by atoms with Crippen LogP contribution in [0.3, 0.4) is 0 Å². The van der Waals surface area contributed by atoms with Gasteiger partial charge in [-0.3, -0.25) is 14.9 Å². The van der Waals surface area contributed by atoms with E-state index in [1.807, 2.05) is 4.90 Å². The number of carbonyl (C=O) groups is 2. The first kappa shape index (κ1) is 20.3. The maximum Gasteiger partial charge on any atom is 0.338 e. The van der Waals surface area contributed by atoms with E-state index in [0.717, 1.165) is 37.3 Å². The summed E-state index contributed by atoms with van der Waals surface area (Å²) < 4.78 is 5.50. The van der Waals surface area contributed by atoms with Crippen LogP contribution in [0, 0.1) is 16.0 Å². The highest BCUT2D eigenvalue weighted by Gasteiger charge is 2.25. The smallest absolute Gasteiger partial charge is 0.338 e. The topological polar surface area (TPSA) is 89.8 Å². The second-order valence-corrected chi connectivity index (χ2v) is 8.47. The Morgan fingerprint density at radius 3 is 2.79 bits per heavy atom. The molecule has 2 aromatic rings. The number of hydrogen-bond donors (Lipinski definition) is 0. The normalized spacial score (nSPS) is 16.6. The zero-order chi connectivity index (χ0) is 20.3. The van der Waals surface area contributed by atoms with Crippen molar-refractivity contribution in [1.29, 1.82) is 0 Å². The zero-order valence-corrected chi connectivity index (χ0v) is 16.8. The molecule has 1 aliphatic rings. The second kappa shape index (κ2) is 8.70. The molecular formula is C19H19ClN2O5S. The molecule has 1 aromatic carbocycles. The summed E-state index contributed by atoms with van der Waals surface area (Å²) >= 11 is 6.89. The average Bonchev–Trinajstić information content (AvgIpc) is 3.11. The lowest BCUT2D eigenvalue weighted by atomic mass is 9.99. The van der Waals surface area contributed by atoms with E-state index in [0.29, 0.717) is 20.8 Å². The number of Topliss-reactive ketones (excluding diaryl/α,β-unsaturated/α-hetero) is 1. The molecule has 1 fully saturated rings. The van der Waals surface area contributed by atoms with Gasteiger partial charge in [-0.2, -0.15) is 0 Å². The minimum Gasteiger partial charge on any atom is -0.454 e. The Kier molecular flexibility index (Phi) is 6.31. The minimum atomic E-state index is -0.780. The van der Waals surface area contributed by atoms with Crippen LogP contribution in [0.1, 0.15) is 39.8 Å². The van der Waals surface area contributed by atoms with Crippen LogP contribution >= 0.6 is 22.9 Å². The van der Waals surface area contributed by atoms with Gasteiger partial charge in [0.15, 0.2) is 6.61 Å². The molecule has 1 unspecified atom stereocenters. The first-order valence-electron chi connectivity index (χ1n) is 8.84. The Labute approximate surface area is 171 Å². The van der Waals surface area contributed by atoms with Gasteiger partial charge in [0.25, 0.3) is 5.69 Å². The highest BCUT2D eigenvalue weighted by atomic mass is 35.5. The van der Waals surface area contributed by atoms with Crippen LogP contribution in [0.4, 0.5) is 11.4 Å². The first-order chi connectivity index (χ1) is 13.3. The fourth-order valence-electron chi connectivity index (χ4n) is 3.22. The van der Waals surface area contributed by atoms with Crippen LogP contribution in [0.25, 0.3) is 0 Å².